The van der Waals surface area contributed by atoms with Crippen LogP contribution in [0, 0.1) is 5.92 Å². The van der Waals surface area contributed by atoms with E-state index in [0.29, 0.717) is 11.4 Å². The molecule has 0 bridgehead atoms. The molecule has 1 heterocycles. The Kier molecular flexibility index (Phi) is 4.27. The number of hydrogen-bond donors (Lipinski definition) is 0. The Morgan fingerprint density at radius 2 is 2.00 bits per heavy atom. The summed E-state index contributed by atoms with van der Waals surface area (Å²) in [5.74, 6) is 0.971. The minimum atomic E-state index is 0.185. The third-order valence-corrected chi connectivity index (χ3v) is 4.28. The minimum absolute atomic E-state index is 0.185. The van der Waals surface area contributed by atoms with Gasteiger partial charge >= 0.3 is 0 Å². The molecule has 1 unspecified atom stereocenters. The smallest absolute Gasteiger partial charge is 0.227 e. The molecule has 1 saturated carbocycles. The van der Waals surface area contributed by atoms with Crippen molar-refractivity contribution in [2.45, 2.75) is 31.8 Å². The Labute approximate surface area is 124 Å². The van der Waals surface area contributed by atoms with Crippen LogP contribution in [0.15, 0.2) is 24.3 Å². The maximum Gasteiger partial charge on any atom is 0.227 e. The van der Waals surface area contributed by atoms with E-state index in [4.69, 9.17) is 16.3 Å². The molecule has 4 heteroatoms. The fourth-order valence-electron chi connectivity index (χ4n) is 2.54. The van der Waals surface area contributed by atoms with Gasteiger partial charge in [0.2, 0.25) is 5.91 Å². The van der Waals surface area contributed by atoms with Gasteiger partial charge in [-0.05, 0) is 42.9 Å². The standard InChI is InChI=1S/C16H20ClNO2/c17-14-5-3-12(4-6-14)9-16(19)18-8-7-15(10-18)20-11-13-1-2-13/h3-6,13,15H,1-2,7-11H2. The second-order valence-electron chi connectivity index (χ2n) is 5.83. The van der Waals surface area contributed by atoms with Gasteiger partial charge in [0, 0.05) is 24.7 Å². The van der Waals surface area contributed by atoms with Crippen molar-refractivity contribution in [3.63, 3.8) is 0 Å². The van der Waals surface area contributed by atoms with Crippen molar-refractivity contribution < 1.29 is 9.53 Å². The summed E-state index contributed by atoms with van der Waals surface area (Å²) in [5.41, 5.74) is 1.02. The molecular formula is C16H20ClNO2. The molecule has 1 aromatic rings. The van der Waals surface area contributed by atoms with Crippen molar-refractivity contribution in [2.75, 3.05) is 19.7 Å². The molecule has 3 nitrogen and oxygen atoms in total. The van der Waals surface area contributed by atoms with E-state index >= 15 is 0 Å². The third-order valence-electron chi connectivity index (χ3n) is 4.03. The molecule has 0 aromatic heterocycles. The first-order valence-corrected chi connectivity index (χ1v) is 7.72. The fourth-order valence-corrected chi connectivity index (χ4v) is 2.66. The molecule has 1 aliphatic carbocycles. The quantitative estimate of drug-likeness (QED) is 0.835. The van der Waals surface area contributed by atoms with Gasteiger partial charge in [0.25, 0.3) is 0 Å². The Bertz CT molecular complexity index is 470. The van der Waals surface area contributed by atoms with Crippen molar-refractivity contribution in [2.24, 2.45) is 5.92 Å². The Morgan fingerprint density at radius 3 is 2.70 bits per heavy atom. The predicted molar refractivity (Wildman–Crippen MR) is 78.8 cm³/mol. The zero-order valence-corrected chi connectivity index (χ0v) is 12.3. The highest BCUT2D eigenvalue weighted by atomic mass is 35.5. The highest BCUT2D eigenvalue weighted by molar-refractivity contribution is 6.30. The van der Waals surface area contributed by atoms with Crippen LogP contribution in [-0.2, 0) is 16.0 Å². The largest absolute Gasteiger partial charge is 0.376 e. The van der Waals surface area contributed by atoms with Gasteiger partial charge in [-0.2, -0.15) is 0 Å². The number of carbonyl (C=O) groups excluding carboxylic acids is 1. The summed E-state index contributed by atoms with van der Waals surface area (Å²) in [5, 5.41) is 0.705. The third kappa shape index (κ3) is 3.74. The average molecular weight is 294 g/mol. The first-order chi connectivity index (χ1) is 9.70. The number of nitrogens with zero attached hydrogens (tertiary/aromatic N) is 1. The molecule has 2 fully saturated rings. The van der Waals surface area contributed by atoms with Crippen LogP contribution in [0.4, 0.5) is 0 Å². The number of hydrogen-bond acceptors (Lipinski definition) is 2. The summed E-state index contributed by atoms with van der Waals surface area (Å²) in [7, 11) is 0. The van der Waals surface area contributed by atoms with Crippen molar-refractivity contribution in [1.29, 1.82) is 0 Å². The zero-order chi connectivity index (χ0) is 13.9. The predicted octanol–water partition coefficient (Wildman–Crippen LogP) is 2.91. The fraction of sp³-hybridized carbons (Fsp3) is 0.562. The lowest BCUT2D eigenvalue weighted by Crippen LogP contribution is -2.31. The van der Waals surface area contributed by atoms with E-state index in [2.05, 4.69) is 0 Å². The molecule has 0 spiro atoms. The lowest BCUT2D eigenvalue weighted by Gasteiger charge is -2.17. The SMILES string of the molecule is O=C(Cc1ccc(Cl)cc1)N1CCC(OCC2CC2)C1. The summed E-state index contributed by atoms with van der Waals surface area (Å²) in [6.07, 6.45) is 4.29. The summed E-state index contributed by atoms with van der Waals surface area (Å²) < 4.78 is 5.86. The second-order valence-corrected chi connectivity index (χ2v) is 6.27. The molecule has 1 atom stereocenters. The van der Waals surface area contributed by atoms with E-state index in [-0.39, 0.29) is 12.0 Å². The van der Waals surface area contributed by atoms with Crippen LogP contribution in [-0.4, -0.2) is 36.6 Å². The van der Waals surface area contributed by atoms with Gasteiger partial charge in [-0.1, -0.05) is 23.7 Å². The van der Waals surface area contributed by atoms with Gasteiger partial charge in [-0.3, -0.25) is 4.79 Å². The molecular weight excluding hydrogens is 274 g/mol. The van der Waals surface area contributed by atoms with Crippen molar-refractivity contribution >= 4 is 17.5 Å². The number of benzene rings is 1. The van der Waals surface area contributed by atoms with Crippen LogP contribution in [0.5, 0.6) is 0 Å². The highest BCUT2D eigenvalue weighted by Gasteiger charge is 2.29. The monoisotopic (exact) mass is 293 g/mol. The molecule has 1 saturated heterocycles. The Morgan fingerprint density at radius 1 is 1.25 bits per heavy atom. The lowest BCUT2D eigenvalue weighted by atomic mass is 10.1. The van der Waals surface area contributed by atoms with Gasteiger partial charge in [0.1, 0.15) is 0 Å². The van der Waals surface area contributed by atoms with Crippen molar-refractivity contribution in [3.8, 4) is 0 Å². The van der Waals surface area contributed by atoms with Crippen LogP contribution < -0.4 is 0 Å². The molecule has 0 N–H and O–H groups in total. The number of ether oxygens (including phenoxy) is 1. The maximum atomic E-state index is 12.2. The molecule has 3 rings (SSSR count). The number of likely N-dealkylation sites (tertiary alicyclic amines) is 1. The van der Waals surface area contributed by atoms with Crippen LogP contribution >= 0.6 is 11.6 Å². The van der Waals surface area contributed by atoms with E-state index < -0.39 is 0 Å². The topological polar surface area (TPSA) is 29.5 Å². The second kappa shape index (κ2) is 6.15. The van der Waals surface area contributed by atoms with Gasteiger partial charge in [0.05, 0.1) is 12.5 Å². The molecule has 2 aliphatic rings. The highest BCUT2D eigenvalue weighted by Crippen LogP contribution is 2.30. The number of rotatable bonds is 5. The van der Waals surface area contributed by atoms with Gasteiger partial charge in [-0.25, -0.2) is 0 Å². The summed E-state index contributed by atoms with van der Waals surface area (Å²) in [4.78, 5) is 14.2. The summed E-state index contributed by atoms with van der Waals surface area (Å²) in [6, 6.07) is 7.49. The normalized spacial score (nSPS) is 22.2. The van der Waals surface area contributed by atoms with Crippen LogP contribution in [0.3, 0.4) is 0 Å². The van der Waals surface area contributed by atoms with Gasteiger partial charge < -0.3 is 9.64 Å². The molecule has 20 heavy (non-hydrogen) atoms. The molecule has 1 amide bonds. The van der Waals surface area contributed by atoms with Crippen LogP contribution in [0.25, 0.3) is 0 Å². The van der Waals surface area contributed by atoms with Crippen LogP contribution in [0.1, 0.15) is 24.8 Å². The van der Waals surface area contributed by atoms with Gasteiger partial charge in [0.15, 0.2) is 0 Å². The van der Waals surface area contributed by atoms with E-state index in [0.717, 1.165) is 37.6 Å². The molecule has 0 radical (unpaired) electrons. The summed E-state index contributed by atoms with van der Waals surface area (Å²) in [6.45, 7) is 2.45. The molecule has 1 aliphatic heterocycles. The Balaban J connectivity index is 1.46. The Hall–Kier alpha value is -1.06. The minimum Gasteiger partial charge on any atom is -0.376 e. The van der Waals surface area contributed by atoms with Crippen molar-refractivity contribution in [3.05, 3.63) is 34.9 Å². The van der Waals surface area contributed by atoms with E-state index in [1.165, 1.54) is 12.8 Å². The lowest BCUT2D eigenvalue weighted by molar-refractivity contribution is -0.130. The summed E-state index contributed by atoms with van der Waals surface area (Å²) >= 11 is 5.85. The van der Waals surface area contributed by atoms with E-state index in [1.807, 2.05) is 29.2 Å². The molecule has 108 valence electrons. The average Bonchev–Trinajstić information content (AvgIpc) is 3.15. The molecule has 1 aromatic carbocycles. The number of carbonyl (C=O) groups is 1. The van der Waals surface area contributed by atoms with Crippen LogP contribution in [0.2, 0.25) is 5.02 Å². The number of halogens is 1. The van der Waals surface area contributed by atoms with E-state index in [1.54, 1.807) is 0 Å². The maximum absolute atomic E-state index is 12.2. The zero-order valence-electron chi connectivity index (χ0n) is 11.6. The van der Waals surface area contributed by atoms with Crippen molar-refractivity contribution in [1.82, 2.24) is 4.90 Å². The van der Waals surface area contributed by atoms with E-state index in [9.17, 15) is 4.79 Å². The first-order valence-electron chi connectivity index (χ1n) is 7.34. The first kappa shape index (κ1) is 13.9. The number of amides is 1. The van der Waals surface area contributed by atoms with Gasteiger partial charge in [-0.15, -0.1) is 0 Å².